The van der Waals surface area contributed by atoms with Crippen LogP contribution in [0.3, 0.4) is 0 Å². The van der Waals surface area contributed by atoms with Gasteiger partial charge in [0.25, 0.3) is 0 Å². The Kier molecular flexibility index (Phi) is 10.3. The van der Waals surface area contributed by atoms with Crippen molar-refractivity contribution >= 4 is 50.7 Å². The summed E-state index contributed by atoms with van der Waals surface area (Å²) in [4.78, 5) is 2.43. The highest BCUT2D eigenvalue weighted by atomic mass is 31.2. The van der Waals surface area contributed by atoms with Crippen molar-refractivity contribution in [1.82, 2.24) is 4.57 Å². The zero-order valence-corrected chi connectivity index (χ0v) is 32.3. The van der Waals surface area contributed by atoms with Crippen LogP contribution in [0, 0.1) is 0 Å². The van der Waals surface area contributed by atoms with Crippen molar-refractivity contribution in [3.05, 3.63) is 205 Å². The van der Waals surface area contributed by atoms with Crippen LogP contribution >= 0.6 is 7.26 Å². The number of anilines is 1. The second-order valence-electron chi connectivity index (χ2n) is 14.2. The lowest BCUT2D eigenvalue weighted by atomic mass is 10.1. The van der Waals surface area contributed by atoms with Crippen LogP contribution in [0.15, 0.2) is 200 Å². The Morgan fingerprint density at radius 1 is 0.722 bits per heavy atom. The van der Waals surface area contributed by atoms with Crippen LogP contribution in [0.4, 0.5) is 5.69 Å². The molecule has 0 fully saturated rings. The number of rotatable bonds is 12. The molecule has 0 saturated heterocycles. The fourth-order valence-electron chi connectivity index (χ4n) is 8.67. The van der Waals surface area contributed by atoms with Gasteiger partial charge in [-0.25, -0.2) is 0 Å². The van der Waals surface area contributed by atoms with Gasteiger partial charge in [0, 0.05) is 40.7 Å². The molecule has 1 heterocycles. The van der Waals surface area contributed by atoms with E-state index in [1.54, 1.807) is 0 Å². The molecule has 0 bridgehead atoms. The fourth-order valence-corrected chi connectivity index (χ4v) is 13.6. The molecule has 1 aliphatic rings. The van der Waals surface area contributed by atoms with Crippen molar-refractivity contribution in [1.29, 1.82) is 0 Å². The van der Waals surface area contributed by atoms with E-state index in [9.17, 15) is 0 Å². The summed E-state index contributed by atoms with van der Waals surface area (Å²) >= 11 is 0. The van der Waals surface area contributed by atoms with Crippen LogP contribution in [0.2, 0.25) is 0 Å². The van der Waals surface area contributed by atoms with Gasteiger partial charge >= 0.3 is 0 Å². The number of hydrogen-bond acceptors (Lipinski definition) is 1. The molecule has 7 aromatic rings. The Morgan fingerprint density at radius 3 is 2.00 bits per heavy atom. The van der Waals surface area contributed by atoms with Crippen LogP contribution < -0.4 is 20.8 Å². The lowest BCUT2D eigenvalue weighted by molar-refractivity contribution is 0.787. The van der Waals surface area contributed by atoms with Gasteiger partial charge in [0.2, 0.25) is 0 Å². The standard InChI is InChI=1S/C51H48N2P/c1-4-20-39-32-34-48-49-38-47(33-35-50(49)53(51(48)36-39)42-24-13-8-14-25-42)54(44-27-15-9-16-28-44,45-29-17-10-18-30-45)46-31-19-26-43(37-46)52(40(6-3)21-5-2)41-22-11-7-12-23-41/h5,7-19,21-25,27-30,32-36,38,46H,2,4,6,20,31,37H2,1,3H3/q+1/b40-21+. The van der Waals surface area contributed by atoms with Gasteiger partial charge < -0.3 is 9.47 Å². The summed E-state index contributed by atoms with van der Waals surface area (Å²) < 4.78 is 2.47. The van der Waals surface area contributed by atoms with Crippen LogP contribution in [-0.4, -0.2) is 10.2 Å². The van der Waals surface area contributed by atoms with Gasteiger partial charge in [-0.2, -0.15) is 0 Å². The first-order valence-electron chi connectivity index (χ1n) is 19.4. The molecule has 2 nitrogen and oxygen atoms in total. The summed E-state index contributed by atoms with van der Waals surface area (Å²) in [7, 11) is -2.28. The Labute approximate surface area is 321 Å². The van der Waals surface area contributed by atoms with Gasteiger partial charge in [-0.1, -0.05) is 118 Å². The second kappa shape index (κ2) is 15.8. The van der Waals surface area contributed by atoms with Crippen molar-refractivity contribution in [2.45, 2.75) is 51.6 Å². The zero-order chi connectivity index (χ0) is 36.9. The third kappa shape index (κ3) is 6.37. The van der Waals surface area contributed by atoms with Crippen LogP contribution in [0.25, 0.3) is 27.5 Å². The van der Waals surface area contributed by atoms with Gasteiger partial charge in [-0.15, -0.1) is 5.73 Å². The predicted octanol–water partition coefficient (Wildman–Crippen LogP) is 12.2. The molecule has 8 rings (SSSR count). The molecule has 0 radical (unpaired) electrons. The van der Waals surface area contributed by atoms with E-state index in [0.717, 1.165) is 37.8 Å². The summed E-state index contributed by atoms with van der Waals surface area (Å²) in [6.45, 7) is 8.58. The normalized spacial score (nSPS) is 14.7. The van der Waals surface area contributed by atoms with Crippen molar-refractivity contribution in [2.24, 2.45) is 0 Å². The van der Waals surface area contributed by atoms with E-state index in [4.69, 9.17) is 0 Å². The molecule has 1 atom stereocenters. The van der Waals surface area contributed by atoms with Gasteiger partial charge in [0.1, 0.15) is 23.2 Å². The lowest BCUT2D eigenvalue weighted by Crippen LogP contribution is -2.40. The minimum atomic E-state index is -2.28. The summed E-state index contributed by atoms with van der Waals surface area (Å²) in [5.74, 6) is 0. The number of benzene rings is 6. The maximum atomic E-state index is 4.09. The predicted molar refractivity (Wildman–Crippen MR) is 236 cm³/mol. The summed E-state index contributed by atoms with van der Waals surface area (Å²) in [6, 6.07) is 59.0. The highest BCUT2D eigenvalue weighted by Crippen LogP contribution is 2.63. The number of fused-ring (bicyclic) bond motifs is 3. The first-order chi connectivity index (χ1) is 26.7. The van der Waals surface area contributed by atoms with E-state index in [-0.39, 0.29) is 0 Å². The molecule has 1 unspecified atom stereocenters. The largest absolute Gasteiger partial charge is 0.311 e. The maximum absolute atomic E-state index is 4.09. The number of para-hydroxylation sites is 2. The number of aromatic nitrogens is 1. The van der Waals surface area contributed by atoms with Crippen molar-refractivity contribution in [3.8, 4) is 5.69 Å². The molecular weight excluding hydrogens is 672 g/mol. The molecular formula is C51H48N2P+. The van der Waals surface area contributed by atoms with Gasteiger partial charge in [-0.3, -0.25) is 0 Å². The monoisotopic (exact) mass is 719 g/mol. The molecule has 0 amide bonds. The van der Waals surface area contributed by atoms with E-state index in [2.05, 4.69) is 206 Å². The highest BCUT2D eigenvalue weighted by molar-refractivity contribution is 7.96. The Morgan fingerprint density at radius 2 is 1.37 bits per heavy atom. The van der Waals surface area contributed by atoms with Crippen molar-refractivity contribution in [3.63, 3.8) is 0 Å². The number of allylic oxidation sites excluding steroid dienone is 4. The van der Waals surface area contributed by atoms with E-state index in [1.807, 2.05) is 6.08 Å². The van der Waals surface area contributed by atoms with Gasteiger partial charge in [0.05, 0.1) is 22.4 Å². The van der Waals surface area contributed by atoms with Crippen LogP contribution in [0.5, 0.6) is 0 Å². The zero-order valence-electron chi connectivity index (χ0n) is 31.4. The fraction of sp³-hybridized carbons (Fsp3) is 0.157. The van der Waals surface area contributed by atoms with Crippen LogP contribution in [0.1, 0.15) is 45.1 Å². The molecule has 0 spiro atoms. The van der Waals surface area contributed by atoms with E-state index in [1.165, 1.54) is 60.4 Å². The van der Waals surface area contributed by atoms with Gasteiger partial charge in [-0.05, 0) is 103 Å². The van der Waals surface area contributed by atoms with E-state index < -0.39 is 7.26 Å². The molecule has 54 heavy (non-hydrogen) atoms. The Hall–Kier alpha value is -5.65. The highest BCUT2D eigenvalue weighted by Gasteiger charge is 2.53. The minimum absolute atomic E-state index is 0.308. The van der Waals surface area contributed by atoms with Gasteiger partial charge in [0.15, 0.2) is 0 Å². The first kappa shape index (κ1) is 35.4. The van der Waals surface area contributed by atoms with Crippen molar-refractivity contribution < 1.29 is 0 Å². The van der Waals surface area contributed by atoms with Crippen LogP contribution in [-0.2, 0) is 6.42 Å². The quantitative estimate of drug-likeness (QED) is 0.0693. The number of aryl methyl sites for hydroxylation is 1. The minimum Gasteiger partial charge on any atom is -0.311 e. The Balaban J connectivity index is 1.38. The molecule has 266 valence electrons. The molecule has 3 heteroatoms. The first-order valence-corrected chi connectivity index (χ1v) is 21.3. The Bertz CT molecular complexity index is 2450. The molecule has 6 aromatic carbocycles. The second-order valence-corrected chi connectivity index (χ2v) is 17.9. The van der Waals surface area contributed by atoms with E-state index >= 15 is 0 Å². The smallest absolute Gasteiger partial charge is 0.115 e. The third-order valence-corrected chi connectivity index (χ3v) is 15.8. The number of hydrogen-bond donors (Lipinski definition) is 0. The molecule has 0 aliphatic heterocycles. The average molecular weight is 720 g/mol. The third-order valence-electron chi connectivity index (χ3n) is 11.0. The molecule has 1 aromatic heterocycles. The lowest BCUT2D eigenvalue weighted by Gasteiger charge is -2.38. The summed E-state index contributed by atoms with van der Waals surface area (Å²) in [5, 5.41) is 6.85. The molecule has 1 aliphatic carbocycles. The summed E-state index contributed by atoms with van der Waals surface area (Å²) in [5.41, 5.74) is 12.8. The number of nitrogens with zero attached hydrogens (tertiary/aromatic N) is 2. The average Bonchev–Trinajstić information content (AvgIpc) is 3.56. The van der Waals surface area contributed by atoms with Crippen molar-refractivity contribution in [2.75, 3.05) is 4.90 Å². The summed E-state index contributed by atoms with van der Waals surface area (Å²) in [6.07, 6.45) is 11.3. The topological polar surface area (TPSA) is 8.17 Å². The maximum Gasteiger partial charge on any atom is 0.115 e. The molecule has 0 saturated carbocycles. The SMILES string of the molecule is C=C/C=C(\CC)N(C1=C=CCC([P+](c2ccccc2)(c2ccccc2)c2ccc3c(c2)c2ccc(CCC)cc2n3-c2ccccc2)C1)c1ccccc1. The van der Waals surface area contributed by atoms with E-state index in [0.29, 0.717) is 5.66 Å². The molecule has 0 N–H and O–H groups in total.